The number of pyridine rings is 2. The molecule has 0 radical (unpaired) electrons. The van der Waals surface area contributed by atoms with E-state index in [-0.39, 0.29) is 5.82 Å². The van der Waals surface area contributed by atoms with Gasteiger partial charge >= 0.3 is 0 Å². The Labute approximate surface area is 273 Å². The van der Waals surface area contributed by atoms with Crippen molar-refractivity contribution in [3.05, 3.63) is 103 Å². The first kappa shape index (κ1) is 29.8. The van der Waals surface area contributed by atoms with E-state index in [2.05, 4.69) is 83.2 Å². The van der Waals surface area contributed by atoms with Crippen LogP contribution in [0, 0.1) is 11.3 Å². The molecule has 0 atom stereocenters. The zero-order valence-corrected chi connectivity index (χ0v) is 26.4. The number of nitrogen functional groups attached to an aromatic ring is 1. The molecule has 0 aliphatic carbocycles. The number of hydrogen-bond acceptors (Lipinski definition) is 10. The molecular weight excluding hydrogens is 586 g/mol. The molecule has 3 N–H and O–H groups in total. The van der Waals surface area contributed by atoms with Gasteiger partial charge in [0.1, 0.15) is 23.2 Å². The fourth-order valence-electron chi connectivity index (χ4n) is 6.04. The molecule has 4 aromatic heterocycles. The number of aromatic nitrogens is 6. The zero-order chi connectivity index (χ0) is 32.3. The van der Waals surface area contributed by atoms with Crippen LogP contribution < -0.4 is 16.0 Å². The highest BCUT2D eigenvalue weighted by molar-refractivity contribution is 5.84. The molecule has 234 valence electrons. The minimum Gasteiger partial charge on any atom is -0.383 e. The summed E-state index contributed by atoms with van der Waals surface area (Å²) in [5.74, 6) is 2.00. The average molecular weight is 622 g/mol. The Hall–Kier alpha value is -5.86. The lowest BCUT2D eigenvalue weighted by Gasteiger charge is -2.32. The number of nitriles is 1. The predicted molar refractivity (Wildman–Crippen MR) is 185 cm³/mol. The molecule has 7 rings (SSSR count). The van der Waals surface area contributed by atoms with Crippen LogP contribution in [0.1, 0.15) is 24.2 Å². The van der Waals surface area contributed by atoms with Gasteiger partial charge in [0.15, 0.2) is 11.5 Å². The van der Waals surface area contributed by atoms with Gasteiger partial charge in [-0.1, -0.05) is 24.3 Å². The van der Waals surface area contributed by atoms with Crippen LogP contribution in [0.5, 0.6) is 0 Å². The molecule has 47 heavy (non-hydrogen) atoms. The number of nitrogens with zero attached hydrogens (tertiary/aromatic N) is 9. The monoisotopic (exact) mass is 621 g/mol. The molecule has 5 heterocycles. The van der Waals surface area contributed by atoms with Gasteiger partial charge in [-0.15, -0.1) is 0 Å². The summed E-state index contributed by atoms with van der Waals surface area (Å²) < 4.78 is 2.08. The highest BCUT2D eigenvalue weighted by atomic mass is 15.2. The summed E-state index contributed by atoms with van der Waals surface area (Å²) in [6, 6.07) is 29.0. The van der Waals surface area contributed by atoms with Crippen molar-refractivity contribution in [1.29, 1.82) is 5.26 Å². The topological polar surface area (TPSA) is 138 Å². The molecule has 1 fully saturated rings. The van der Waals surface area contributed by atoms with Crippen molar-refractivity contribution in [2.24, 2.45) is 0 Å². The molecule has 0 amide bonds. The maximum atomic E-state index is 9.09. The third-order valence-electron chi connectivity index (χ3n) is 8.54. The summed E-state index contributed by atoms with van der Waals surface area (Å²) in [5, 5.41) is 12.6. The lowest BCUT2D eigenvalue weighted by Crippen LogP contribution is -2.38. The number of imidazole rings is 1. The third kappa shape index (κ3) is 6.32. The van der Waals surface area contributed by atoms with Crippen LogP contribution in [0.15, 0.2) is 91.3 Å². The van der Waals surface area contributed by atoms with Crippen molar-refractivity contribution in [2.75, 3.05) is 43.1 Å². The molecule has 1 aliphatic heterocycles. The Morgan fingerprint density at radius 1 is 0.915 bits per heavy atom. The number of rotatable bonds is 8. The first-order valence-electron chi connectivity index (χ1n) is 15.6. The van der Waals surface area contributed by atoms with Crippen molar-refractivity contribution in [3.8, 4) is 34.4 Å². The minimum atomic E-state index is 0.182. The van der Waals surface area contributed by atoms with Crippen LogP contribution >= 0.6 is 0 Å². The van der Waals surface area contributed by atoms with Crippen molar-refractivity contribution in [2.45, 2.75) is 25.4 Å². The van der Waals surface area contributed by atoms with Gasteiger partial charge < -0.3 is 16.0 Å². The van der Waals surface area contributed by atoms with E-state index in [4.69, 9.17) is 21.0 Å². The summed E-state index contributed by atoms with van der Waals surface area (Å²) in [4.78, 5) is 27.3. The van der Waals surface area contributed by atoms with E-state index in [1.807, 2.05) is 50.5 Å². The molecule has 11 nitrogen and oxygen atoms in total. The maximum absolute atomic E-state index is 9.09. The van der Waals surface area contributed by atoms with Gasteiger partial charge in [0.25, 0.3) is 0 Å². The van der Waals surface area contributed by atoms with E-state index in [0.717, 1.165) is 71.8 Å². The molecule has 6 aromatic rings. The number of hydrogen-bond donors (Lipinski definition) is 2. The van der Waals surface area contributed by atoms with Gasteiger partial charge in [-0.25, -0.2) is 24.9 Å². The average Bonchev–Trinajstić information content (AvgIpc) is 3.48. The SMILES string of the molecule is CN(C)c1cccc(-c2ccc3nc(-c4cccnc4N)n(-c4ccc(CN5CCC(Nc6ccnc(C#N)n6)CC5)cc4)c3n2)c1. The molecule has 0 saturated carbocycles. The number of nitrogens with two attached hydrogens (primary N) is 1. The second-order valence-corrected chi connectivity index (χ2v) is 11.9. The number of benzene rings is 2. The summed E-state index contributed by atoms with van der Waals surface area (Å²) in [5.41, 5.74) is 13.8. The molecule has 11 heteroatoms. The Morgan fingerprint density at radius 3 is 2.51 bits per heavy atom. The quantitative estimate of drug-likeness (QED) is 0.223. The van der Waals surface area contributed by atoms with Crippen LogP contribution in [0.3, 0.4) is 0 Å². The normalized spacial score (nSPS) is 13.8. The second kappa shape index (κ2) is 12.9. The lowest BCUT2D eigenvalue weighted by atomic mass is 10.0. The summed E-state index contributed by atoms with van der Waals surface area (Å²) in [6.07, 6.45) is 5.29. The van der Waals surface area contributed by atoms with E-state index < -0.39 is 0 Å². The Bertz CT molecular complexity index is 2070. The zero-order valence-electron chi connectivity index (χ0n) is 26.4. The molecule has 1 aliphatic rings. The predicted octanol–water partition coefficient (Wildman–Crippen LogP) is 5.54. The Balaban J connectivity index is 1.14. The second-order valence-electron chi connectivity index (χ2n) is 11.9. The van der Waals surface area contributed by atoms with Gasteiger partial charge in [-0.3, -0.25) is 9.47 Å². The van der Waals surface area contributed by atoms with Gasteiger partial charge in [-0.2, -0.15) is 5.26 Å². The van der Waals surface area contributed by atoms with Crippen molar-refractivity contribution < 1.29 is 0 Å². The summed E-state index contributed by atoms with van der Waals surface area (Å²) in [6.45, 7) is 2.79. The number of nitrogens with one attached hydrogen (secondary N) is 1. The van der Waals surface area contributed by atoms with Crippen LogP contribution in [-0.4, -0.2) is 67.6 Å². The van der Waals surface area contributed by atoms with Gasteiger partial charge in [-0.05, 0) is 73.0 Å². The smallest absolute Gasteiger partial charge is 0.234 e. The third-order valence-corrected chi connectivity index (χ3v) is 8.54. The van der Waals surface area contributed by atoms with Crippen molar-refractivity contribution >= 4 is 28.5 Å². The molecule has 0 bridgehead atoms. The van der Waals surface area contributed by atoms with Gasteiger partial charge in [0.2, 0.25) is 5.82 Å². The van der Waals surface area contributed by atoms with Gasteiger partial charge in [0, 0.05) is 69.1 Å². The molecule has 2 aromatic carbocycles. The Kier molecular flexibility index (Phi) is 8.16. The largest absolute Gasteiger partial charge is 0.383 e. The molecule has 1 saturated heterocycles. The number of piperidine rings is 1. The van der Waals surface area contributed by atoms with E-state index in [9.17, 15) is 0 Å². The van der Waals surface area contributed by atoms with E-state index in [0.29, 0.717) is 23.5 Å². The number of fused-ring (bicyclic) bond motifs is 1. The van der Waals surface area contributed by atoms with E-state index in [1.54, 1.807) is 12.4 Å². The van der Waals surface area contributed by atoms with Crippen molar-refractivity contribution in [3.63, 3.8) is 0 Å². The Morgan fingerprint density at radius 2 is 1.74 bits per heavy atom. The standard InChI is InChI=1S/C36H35N11/c1-45(2)28-6-3-5-25(21-28)30-12-13-31-36(42-30)47(35(43-31)29-7-4-17-40-34(29)38)27-10-8-24(9-11-27)23-46-19-15-26(16-20-46)41-32-14-18-39-33(22-37)44-32/h3-14,17-18,21,26H,15-16,19-20,23H2,1-2H3,(H2,38,40)(H,39,41,44). The first-order chi connectivity index (χ1) is 22.9. The van der Waals surface area contributed by atoms with Crippen LogP contribution in [0.2, 0.25) is 0 Å². The highest BCUT2D eigenvalue weighted by Crippen LogP contribution is 2.32. The summed E-state index contributed by atoms with van der Waals surface area (Å²) >= 11 is 0. The molecular formula is C36H35N11. The number of anilines is 3. The lowest BCUT2D eigenvalue weighted by molar-refractivity contribution is 0.211. The maximum Gasteiger partial charge on any atom is 0.234 e. The highest BCUT2D eigenvalue weighted by Gasteiger charge is 2.21. The first-order valence-corrected chi connectivity index (χ1v) is 15.6. The van der Waals surface area contributed by atoms with E-state index in [1.165, 1.54) is 5.56 Å². The van der Waals surface area contributed by atoms with Crippen LogP contribution in [0.25, 0.3) is 39.5 Å². The summed E-state index contributed by atoms with van der Waals surface area (Å²) in [7, 11) is 4.07. The van der Waals surface area contributed by atoms with Crippen LogP contribution in [-0.2, 0) is 6.54 Å². The van der Waals surface area contributed by atoms with Crippen molar-refractivity contribution in [1.82, 2.24) is 34.4 Å². The van der Waals surface area contributed by atoms with E-state index >= 15 is 0 Å². The fourth-order valence-corrected chi connectivity index (χ4v) is 6.04. The van der Waals surface area contributed by atoms with Crippen LogP contribution in [0.4, 0.5) is 17.3 Å². The minimum absolute atomic E-state index is 0.182. The number of likely N-dealkylation sites (tertiary alicyclic amines) is 1. The molecule has 0 unspecified atom stereocenters. The van der Waals surface area contributed by atoms with Gasteiger partial charge in [0.05, 0.1) is 11.3 Å². The molecule has 0 spiro atoms. The fraction of sp³-hybridized carbons (Fsp3) is 0.222.